The first-order valence-corrected chi connectivity index (χ1v) is 4.33. The van der Waals surface area contributed by atoms with Crippen molar-refractivity contribution in [3.8, 4) is 0 Å². The molecule has 0 spiro atoms. The van der Waals surface area contributed by atoms with Crippen LogP contribution in [0.2, 0.25) is 0 Å². The number of hydrazine groups is 1. The van der Waals surface area contributed by atoms with E-state index >= 15 is 0 Å². The highest BCUT2D eigenvalue weighted by Gasteiger charge is 2.02. The van der Waals surface area contributed by atoms with E-state index in [1.165, 1.54) is 5.56 Å². The van der Waals surface area contributed by atoms with Gasteiger partial charge in [0.05, 0.1) is 0 Å². The van der Waals surface area contributed by atoms with Gasteiger partial charge in [-0.15, -0.1) is 0 Å². The van der Waals surface area contributed by atoms with Gasteiger partial charge < -0.3 is 0 Å². The molecule has 12 heavy (non-hydrogen) atoms. The number of benzene rings is 1. The molecule has 0 aliphatic rings. The molecular weight excluding hydrogens is 148 g/mol. The van der Waals surface area contributed by atoms with Crippen molar-refractivity contribution in [1.29, 1.82) is 0 Å². The number of hydrogen-bond donors (Lipinski definition) is 2. The third kappa shape index (κ3) is 2.64. The molecule has 1 aromatic rings. The third-order valence-corrected chi connectivity index (χ3v) is 2.09. The Bertz CT molecular complexity index is 208. The highest BCUT2D eigenvalue weighted by molar-refractivity contribution is 5.18. The minimum Gasteiger partial charge on any atom is -0.271 e. The van der Waals surface area contributed by atoms with E-state index in [1.807, 2.05) is 6.07 Å². The second-order valence-electron chi connectivity index (χ2n) is 3.05. The molecule has 0 aliphatic heterocycles. The Morgan fingerprint density at radius 2 is 2.00 bits per heavy atom. The lowest BCUT2D eigenvalue weighted by molar-refractivity contribution is 0.611. The van der Waals surface area contributed by atoms with Gasteiger partial charge in [-0.3, -0.25) is 11.3 Å². The smallest absolute Gasteiger partial charge is 0.0103 e. The van der Waals surface area contributed by atoms with Crippen molar-refractivity contribution in [2.75, 3.05) is 6.54 Å². The van der Waals surface area contributed by atoms with E-state index in [9.17, 15) is 0 Å². The molecule has 0 heterocycles. The summed E-state index contributed by atoms with van der Waals surface area (Å²) >= 11 is 0. The van der Waals surface area contributed by atoms with Crippen molar-refractivity contribution in [1.82, 2.24) is 5.43 Å². The quantitative estimate of drug-likeness (QED) is 0.524. The van der Waals surface area contributed by atoms with Gasteiger partial charge in [-0.05, 0) is 17.9 Å². The monoisotopic (exact) mass is 164 g/mol. The maximum atomic E-state index is 5.20. The van der Waals surface area contributed by atoms with Crippen molar-refractivity contribution in [2.45, 2.75) is 19.3 Å². The van der Waals surface area contributed by atoms with Crippen molar-refractivity contribution in [3.05, 3.63) is 35.9 Å². The van der Waals surface area contributed by atoms with Gasteiger partial charge in [-0.25, -0.2) is 0 Å². The van der Waals surface area contributed by atoms with Gasteiger partial charge in [0.2, 0.25) is 0 Å². The van der Waals surface area contributed by atoms with Gasteiger partial charge in [-0.2, -0.15) is 0 Å². The predicted octanol–water partition coefficient (Wildman–Crippen LogP) is 1.64. The minimum absolute atomic E-state index is 0.585. The summed E-state index contributed by atoms with van der Waals surface area (Å²) in [5.74, 6) is 5.79. The summed E-state index contributed by atoms with van der Waals surface area (Å²) in [4.78, 5) is 0. The fourth-order valence-electron chi connectivity index (χ4n) is 1.25. The molecule has 66 valence electrons. The van der Waals surface area contributed by atoms with Crippen molar-refractivity contribution < 1.29 is 0 Å². The summed E-state index contributed by atoms with van der Waals surface area (Å²) in [5.41, 5.74) is 4.05. The topological polar surface area (TPSA) is 38.0 Å². The average Bonchev–Trinajstić information content (AvgIpc) is 2.15. The zero-order chi connectivity index (χ0) is 8.81. The Morgan fingerprint density at radius 1 is 1.33 bits per heavy atom. The standard InChI is InChI=1S/C10H16N2/c1-9(7-8-12-11)10-5-3-2-4-6-10/h2-6,9,12H,7-8,11H2,1H3. The van der Waals surface area contributed by atoms with Crippen LogP contribution in [0.3, 0.4) is 0 Å². The summed E-state index contributed by atoms with van der Waals surface area (Å²) in [6, 6.07) is 10.5. The Hall–Kier alpha value is -0.860. The van der Waals surface area contributed by atoms with Crippen LogP contribution in [0, 0.1) is 0 Å². The third-order valence-electron chi connectivity index (χ3n) is 2.09. The summed E-state index contributed by atoms with van der Waals surface area (Å²) in [6.45, 7) is 3.09. The Kier molecular flexibility index (Phi) is 3.77. The first-order chi connectivity index (χ1) is 5.84. The Labute approximate surface area is 73.8 Å². The molecule has 0 fully saturated rings. The normalized spacial score (nSPS) is 12.8. The number of nitrogens with two attached hydrogens (primary N) is 1. The van der Waals surface area contributed by atoms with Crippen LogP contribution < -0.4 is 11.3 Å². The van der Waals surface area contributed by atoms with Gasteiger partial charge in [0, 0.05) is 6.54 Å². The van der Waals surface area contributed by atoms with E-state index in [-0.39, 0.29) is 0 Å². The van der Waals surface area contributed by atoms with E-state index in [1.54, 1.807) is 0 Å². The Morgan fingerprint density at radius 3 is 2.58 bits per heavy atom. The average molecular weight is 164 g/mol. The van der Waals surface area contributed by atoms with E-state index < -0.39 is 0 Å². The first kappa shape index (κ1) is 9.23. The molecule has 2 heteroatoms. The summed E-state index contributed by atoms with van der Waals surface area (Å²) in [5, 5.41) is 0. The summed E-state index contributed by atoms with van der Waals surface area (Å²) in [7, 11) is 0. The highest BCUT2D eigenvalue weighted by atomic mass is 15.2. The molecule has 1 aromatic carbocycles. The molecular formula is C10H16N2. The number of hydrogen-bond acceptors (Lipinski definition) is 2. The van der Waals surface area contributed by atoms with Crippen LogP contribution in [-0.2, 0) is 0 Å². The van der Waals surface area contributed by atoms with Crippen molar-refractivity contribution in [2.24, 2.45) is 5.84 Å². The zero-order valence-electron chi connectivity index (χ0n) is 7.46. The lowest BCUT2D eigenvalue weighted by atomic mass is 9.98. The van der Waals surface area contributed by atoms with E-state index in [4.69, 9.17) is 5.84 Å². The van der Waals surface area contributed by atoms with Gasteiger partial charge in [0.15, 0.2) is 0 Å². The van der Waals surface area contributed by atoms with Gasteiger partial charge >= 0.3 is 0 Å². The molecule has 0 saturated heterocycles. The van der Waals surface area contributed by atoms with Crippen LogP contribution in [-0.4, -0.2) is 6.54 Å². The molecule has 0 aliphatic carbocycles. The molecule has 0 amide bonds. The molecule has 0 radical (unpaired) electrons. The lowest BCUT2D eigenvalue weighted by Gasteiger charge is -2.10. The van der Waals surface area contributed by atoms with Crippen LogP contribution in [0.5, 0.6) is 0 Å². The van der Waals surface area contributed by atoms with Crippen LogP contribution in [0.1, 0.15) is 24.8 Å². The van der Waals surface area contributed by atoms with Crippen molar-refractivity contribution >= 4 is 0 Å². The molecule has 3 N–H and O–H groups in total. The lowest BCUT2D eigenvalue weighted by Crippen LogP contribution is -2.23. The first-order valence-electron chi connectivity index (χ1n) is 4.33. The second-order valence-corrected chi connectivity index (χ2v) is 3.05. The molecule has 1 rings (SSSR count). The number of rotatable bonds is 4. The molecule has 0 bridgehead atoms. The maximum Gasteiger partial charge on any atom is 0.0103 e. The Balaban J connectivity index is 2.48. The van der Waals surface area contributed by atoms with E-state index in [2.05, 4.69) is 36.6 Å². The fourth-order valence-corrected chi connectivity index (χ4v) is 1.25. The highest BCUT2D eigenvalue weighted by Crippen LogP contribution is 2.16. The molecule has 2 nitrogen and oxygen atoms in total. The molecule has 1 unspecified atom stereocenters. The number of nitrogens with one attached hydrogen (secondary N) is 1. The largest absolute Gasteiger partial charge is 0.271 e. The zero-order valence-corrected chi connectivity index (χ0v) is 7.46. The summed E-state index contributed by atoms with van der Waals surface area (Å²) < 4.78 is 0. The van der Waals surface area contributed by atoms with Gasteiger partial charge in [0.1, 0.15) is 0 Å². The van der Waals surface area contributed by atoms with Crippen LogP contribution in [0.4, 0.5) is 0 Å². The summed E-state index contributed by atoms with van der Waals surface area (Å²) in [6.07, 6.45) is 1.08. The minimum atomic E-state index is 0.585. The van der Waals surface area contributed by atoms with Crippen LogP contribution in [0.25, 0.3) is 0 Å². The van der Waals surface area contributed by atoms with Crippen LogP contribution in [0.15, 0.2) is 30.3 Å². The van der Waals surface area contributed by atoms with Gasteiger partial charge in [0.25, 0.3) is 0 Å². The SMILES string of the molecule is CC(CCNN)c1ccccc1. The van der Waals surface area contributed by atoms with Crippen LogP contribution >= 0.6 is 0 Å². The predicted molar refractivity (Wildman–Crippen MR) is 51.7 cm³/mol. The van der Waals surface area contributed by atoms with E-state index in [0.717, 1.165) is 13.0 Å². The molecule has 1 atom stereocenters. The second kappa shape index (κ2) is 4.91. The molecule has 0 aromatic heterocycles. The van der Waals surface area contributed by atoms with Gasteiger partial charge in [-0.1, -0.05) is 37.3 Å². The van der Waals surface area contributed by atoms with Crippen molar-refractivity contribution in [3.63, 3.8) is 0 Å². The fraction of sp³-hybridized carbons (Fsp3) is 0.400. The molecule has 0 saturated carbocycles. The van der Waals surface area contributed by atoms with E-state index in [0.29, 0.717) is 5.92 Å². The maximum absolute atomic E-state index is 5.20.